The molecule has 8 nitrogen and oxygen atoms in total. The van der Waals surface area contributed by atoms with Crippen LogP contribution in [-0.2, 0) is 30.5 Å². The summed E-state index contributed by atoms with van der Waals surface area (Å²) in [4.78, 5) is 39.3. The SMILES string of the molecule is CC(=O)N=S1(=O)CCC2(CC1)CN(C(=O)CCc1ccc(=O)[nH]c1)CCO2. The van der Waals surface area contributed by atoms with Gasteiger partial charge in [0.25, 0.3) is 5.91 Å². The van der Waals surface area contributed by atoms with E-state index in [4.69, 9.17) is 4.74 Å². The number of carbonyl (C=O) groups is 2. The Bertz CT molecular complexity index is 866. The number of H-pyrrole nitrogens is 1. The number of morpholine rings is 1. The maximum Gasteiger partial charge on any atom is 0.250 e. The molecule has 0 aromatic carbocycles. The summed E-state index contributed by atoms with van der Waals surface area (Å²) < 4.78 is 22.4. The predicted octanol–water partition coefficient (Wildman–Crippen LogP) is 0.713. The van der Waals surface area contributed by atoms with Gasteiger partial charge in [-0.05, 0) is 24.8 Å². The minimum Gasteiger partial charge on any atom is -0.371 e. The fraction of sp³-hybridized carbons (Fsp3) is 0.611. The van der Waals surface area contributed by atoms with E-state index >= 15 is 0 Å². The second kappa shape index (κ2) is 7.93. The number of carbonyl (C=O) groups excluding carboxylic acids is 2. The van der Waals surface area contributed by atoms with Crippen LogP contribution in [0.2, 0.25) is 0 Å². The van der Waals surface area contributed by atoms with Gasteiger partial charge in [0.05, 0.1) is 21.9 Å². The van der Waals surface area contributed by atoms with Gasteiger partial charge in [0.15, 0.2) is 0 Å². The van der Waals surface area contributed by atoms with Gasteiger partial charge in [-0.2, -0.15) is 4.36 Å². The first kappa shape index (κ1) is 19.8. The highest BCUT2D eigenvalue weighted by Crippen LogP contribution is 2.32. The molecule has 0 saturated carbocycles. The first-order chi connectivity index (χ1) is 12.8. The van der Waals surface area contributed by atoms with Crippen LogP contribution in [0.1, 0.15) is 31.7 Å². The fourth-order valence-electron chi connectivity index (χ4n) is 3.61. The van der Waals surface area contributed by atoms with Crippen molar-refractivity contribution < 1.29 is 18.5 Å². The molecule has 1 spiro atoms. The van der Waals surface area contributed by atoms with Gasteiger partial charge >= 0.3 is 0 Å². The van der Waals surface area contributed by atoms with E-state index in [0.717, 1.165) is 5.56 Å². The molecule has 1 aromatic heterocycles. The maximum absolute atomic E-state index is 12.6. The van der Waals surface area contributed by atoms with Crippen molar-refractivity contribution in [2.45, 2.75) is 38.2 Å². The molecule has 1 aromatic rings. The van der Waals surface area contributed by atoms with E-state index in [2.05, 4.69) is 9.35 Å². The maximum atomic E-state index is 12.6. The van der Waals surface area contributed by atoms with Gasteiger partial charge in [-0.15, -0.1) is 0 Å². The summed E-state index contributed by atoms with van der Waals surface area (Å²) in [5, 5.41) is 0. The van der Waals surface area contributed by atoms with E-state index in [-0.39, 0.29) is 11.5 Å². The Morgan fingerprint density at radius 2 is 2.07 bits per heavy atom. The van der Waals surface area contributed by atoms with Crippen molar-refractivity contribution in [2.24, 2.45) is 4.36 Å². The van der Waals surface area contributed by atoms with Crippen LogP contribution in [0.5, 0.6) is 0 Å². The van der Waals surface area contributed by atoms with Crippen molar-refractivity contribution in [3.63, 3.8) is 0 Å². The van der Waals surface area contributed by atoms with Gasteiger partial charge in [0, 0.05) is 50.2 Å². The normalized spacial score (nSPS) is 28.1. The van der Waals surface area contributed by atoms with E-state index in [9.17, 15) is 18.6 Å². The molecule has 27 heavy (non-hydrogen) atoms. The largest absolute Gasteiger partial charge is 0.371 e. The van der Waals surface area contributed by atoms with E-state index in [1.165, 1.54) is 13.0 Å². The molecular weight excluding hydrogens is 370 g/mol. The van der Waals surface area contributed by atoms with Crippen molar-refractivity contribution in [1.29, 1.82) is 0 Å². The van der Waals surface area contributed by atoms with Crippen LogP contribution < -0.4 is 5.56 Å². The molecule has 0 atom stereocenters. The Hall–Kier alpha value is -2.00. The van der Waals surface area contributed by atoms with Crippen molar-refractivity contribution in [3.05, 3.63) is 34.2 Å². The highest BCUT2D eigenvalue weighted by molar-refractivity contribution is 7.93. The molecule has 2 saturated heterocycles. The van der Waals surface area contributed by atoms with E-state index in [1.807, 2.05) is 4.90 Å². The molecule has 3 rings (SSSR count). The second-order valence-electron chi connectivity index (χ2n) is 7.20. The minimum atomic E-state index is -2.49. The molecule has 2 amide bonds. The Morgan fingerprint density at radius 3 is 2.70 bits per heavy atom. The molecule has 0 aliphatic carbocycles. The number of aromatic nitrogens is 1. The van der Waals surface area contributed by atoms with Gasteiger partial charge in [0.2, 0.25) is 11.5 Å². The minimum absolute atomic E-state index is 0.0450. The van der Waals surface area contributed by atoms with E-state index < -0.39 is 21.2 Å². The van der Waals surface area contributed by atoms with E-state index in [1.54, 1.807) is 12.3 Å². The quantitative estimate of drug-likeness (QED) is 0.811. The van der Waals surface area contributed by atoms with Gasteiger partial charge in [-0.1, -0.05) is 6.07 Å². The number of hydrogen-bond donors (Lipinski definition) is 1. The zero-order valence-corrected chi connectivity index (χ0v) is 16.3. The molecule has 0 bridgehead atoms. The average Bonchev–Trinajstić information content (AvgIpc) is 2.64. The summed E-state index contributed by atoms with van der Waals surface area (Å²) in [5.74, 6) is 0.293. The molecule has 0 unspecified atom stereocenters. The molecule has 1 N–H and O–H groups in total. The average molecular weight is 395 g/mol. The topological polar surface area (TPSA) is 109 Å². The van der Waals surface area contributed by atoms with Gasteiger partial charge in [-0.25, -0.2) is 4.21 Å². The number of aromatic amines is 1. The summed E-state index contributed by atoms with van der Waals surface area (Å²) in [5.41, 5.74) is 0.263. The molecule has 9 heteroatoms. The number of rotatable bonds is 3. The number of nitrogens with one attached hydrogen (secondary N) is 1. The van der Waals surface area contributed by atoms with Crippen LogP contribution in [0.15, 0.2) is 27.5 Å². The third-order valence-electron chi connectivity index (χ3n) is 5.13. The smallest absolute Gasteiger partial charge is 0.250 e. The molecule has 148 valence electrons. The van der Waals surface area contributed by atoms with Crippen LogP contribution in [0, 0.1) is 0 Å². The highest BCUT2D eigenvalue weighted by atomic mass is 32.2. The Kier molecular flexibility index (Phi) is 5.81. The molecule has 2 aliphatic rings. The molecule has 0 radical (unpaired) electrons. The van der Waals surface area contributed by atoms with Gasteiger partial charge in [-0.3, -0.25) is 14.4 Å². The van der Waals surface area contributed by atoms with Gasteiger partial charge in [0.1, 0.15) is 0 Å². The van der Waals surface area contributed by atoms with Crippen LogP contribution in [-0.4, -0.2) is 62.7 Å². The fourth-order valence-corrected chi connectivity index (χ4v) is 5.85. The monoisotopic (exact) mass is 395 g/mol. The third-order valence-corrected chi connectivity index (χ3v) is 7.40. The van der Waals surface area contributed by atoms with Crippen molar-refractivity contribution in [1.82, 2.24) is 9.88 Å². The summed E-state index contributed by atoms with van der Waals surface area (Å²) in [6.07, 6.45) is 3.62. The lowest BCUT2D eigenvalue weighted by Gasteiger charge is -2.45. The summed E-state index contributed by atoms with van der Waals surface area (Å²) >= 11 is 0. The van der Waals surface area contributed by atoms with Crippen molar-refractivity contribution >= 4 is 21.5 Å². The number of amides is 2. The van der Waals surface area contributed by atoms with Gasteiger partial charge < -0.3 is 14.6 Å². The van der Waals surface area contributed by atoms with E-state index in [0.29, 0.717) is 56.9 Å². The van der Waals surface area contributed by atoms with Crippen molar-refractivity contribution in [3.8, 4) is 0 Å². The number of hydrogen-bond acceptors (Lipinski definition) is 5. The highest BCUT2D eigenvalue weighted by Gasteiger charge is 2.42. The Morgan fingerprint density at radius 1 is 1.33 bits per heavy atom. The Labute approximate surface area is 158 Å². The third kappa shape index (κ3) is 5.04. The lowest BCUT2D eigenvalue weighted by atomic mass is 9.94. The number of nitrogens with zero attached hydrogens (tertiary/aromatic N) is 2. The predicted molar refractivity (Wildman–Crippen MR) is 101 cm³/mol. The number of pyridine rings is 1. The Balaban J connectivity index is 1.58. The van der Waals surface area contributed by atoms with Crippen LogP contribution in [0.4, 0.5) is 0 Å². The molecule has 2 fully saturated rings. The molecular formula is C18H25N3O5S. The first-order valence-corrected chi connectivity index (χ1v) is 11.0. The lowest BCUT2D eigenvalue weighted by molar-refractivity contribution is -0.152. The standard InChI is InChI=1S/C18H25N3O5S/c1-14(22)20-27(25)10-6-18(7-11-27)13-21(8-9-26-18)17(24)5-3-15-2-4-16(23)19-12-15/h2,4,12H,3,5-11,13H2,1H3,(H,19,23). The first-order valence-electron chi connectivity index (χ1n) is 9.12. The van der Waals surface area contributed by atoms with Crippen LogP contribution >= 0.6 is 0 Å². The summed E-state index contributed by atoms with van der Waals surface area (Å²) in [7, 11) is -2.49. The van der Waals surface area contributed by atoms with Crippen molar-refractivity contribution in [2.75, 3.05) is 31.2 Å². The molecule has 3 heterocycles. The summed E-state index contributed by atoms with van der Waals surface area (Å²) in [6, 6.07) is 3.18. The summed E-state index contributed by atoms with van der Waals surface area (Å²) in [6.45, 7) is 2.79. The number of aryl methyl sites for hydroxylation is 1. The molecule has 2 aliphatic heterocycles. The van der Waals surface area contributed by atoms with Crippen LogP contribution in [0.25, 0.3) is 0 Å². The number of ether oxygens (including phenoxy) is 1. The second-order valence-corrected chi connectivity index (χ2v) is 9.74. The zero-order valence-electron chi connectivity index (χ0n) is 15.4. The lowest BCUT2D eigenvalue weighted by Crippen LogP contribution is -2.56. The van der Waals surface area contributed by atoms with Crippen LogP contribution in [0.3, 0.4) is 0 Å². The zero-order chi connectivity index (χ0) is 19.5.